The fraction of sp³-hybridized carbons (Fsp3) is 0.385. The van der Waals surface area contributed by atoms with Gasteiger partial charge >= 0.3 is 0 Å². The first-order chi connectivity index (χ1) is 9.51. The van der Waals surface area contributed by atoms with Crippen molar-refractivity contribution in [1.82, 2.24) is 5.32 Å². The van der Waals surface area contributed by atoms with Gasteiger partial charge in [-0.1, -0.05) is 5.16 Å². The maximum absolute atomic E-state index is 12.0. The third-order valence-corrected chi connectivity index (χ3v) is 2.67. The molecule has 0 aliphatic carbocycles. The molecule has 0 fully saturated rings. The highest BCUT2D eigenvalue weighted by atomic mass is 16.5. The number of benzene rings is 1. The number of ether oxygens (including phenoxy) is 2. The summed E-state index contributed by atoms with van der Waals surface area (Å²) >= 11 is 0. The van der Waals surface area contributed by atoms with E-state index >= 15 is 0 Å². The molecule has 0 saturated carbocycles. The van der Waals surface area contributed by atoms with Crippen molar-refractivity contribution >= 4 is 11.7 Å². The molecule has 0 radical (unpaired) electrons. The van der Waals surface area contributed by atoms with Crippen molar-refractivity contribution in [2.45, 2.75) is 19.4 Å². The van der Waals surface area contributed by atoms with Gasteiger partial charge in [0.1, 0.15) is 5.84 Å². The SMILES string of the molecule is COc1ccc(C(=O)NC(C)CC(N)=NO)cc1OC. The topological polar surface area (TPSA) is 106 Å². The zero-order valence-electron chi connectivity index (χ0n) is 11.7. The highest BCUT2D eigenvalue weighted by Crippen LogP contribution is 2.27. The van der Waals surface area contributed by atoms with E-state index < -0.39 is 0 Å². The van der Waals surface area contributed by atoms with Crippen LogP contribution in [-0.4, -0.2) is 37.2 Å². The molecule has 1 aromatic carbocycles. The lowest BCUT2D eigenvalue weighted by Crippen LogP contribution is -2.35. The molecule has 0 heterocycles. The maximum atomic E-state index is 12.0. The average molecular weight is 281 g/mol. The molecule has 1 rings (SSSR count). The zero-order chi connectivity index (χ0) is 15.1. The second kappa shape index (κ2) is 7.22. The lowest BCUT2D eigenvalue weighted by molar-refractivity contribution is 0.0940. The Morgan fingerprint density at radius 2 is 2.05 bits per heavy atom. The molecule has 1 aromatic rings. The lowest BCUT2D eigenvalue weighted by Gasteiger charge is -2.14. The van der Waals surface area contributed by atoms with Crippen molar-refractivity contribution in [2.75, 3.05) is 14.2 Å². The molecule has 0 aliphatic heterocycles. The maximum Gasteiger partial charge on any atom is 0.251 e. The van der Waals surface area contributed by atoms with Gasteiger partial charge in [0.05, 0.1) is 14.2 Å². The van der Waals surface area contributed by atoms with Gasteiger partial charge in [-0.05, 0) is 25.1 Å². The van der Waals surface area contributed by atoms with Crippen molar-refractivity contribution in [2.24, 2.45) is 10.9 Å². The molecule has 0 spiro atoms. The van der Waals surface area contributed by atoms with Gasteiger partial charge in [-0.3, -0.25) is 4.79 Å². The van der Waals surface area contributed by atoms with Gasteiger partial charge < -0.3 is 25.7 Å². The number of rotatable bonds is 6. The molecule has 20 heavy (non-hydrogen) atoms. The number of nitrogens with two attached hydrogens (primary N) is 1. The molecule has 1 unspecified atom stereocenters. The Kier molecular flexibility index (Phi) is 5.64. The average Bonchev–Trinajstić information content (AvgIpc) is 2.45. The van der Waals surface area contributed by atoms with E-state index in [1.807, 2.05) is 0 Å². The standard InChI is InChI=1S/C13H19N3O4/c1-8(6-12(14)16-18)15-13(17)9-4-5-10(19-2)11(7-9)20-3/h4-5,7-8,18H,6H2,1-3H3,(H2,14,16)(H,15,17). The van der Waals surface area contributed by atoms with Crippen LogP contribution in [0.4, 0.5) is 0 Å². The smallest absolute Gasteiger partial charge is 0.251 e. The number of nitrogens with zero attached hydrogens (tertiary/aromatic N) is 1. The van der Waals surface area contributed by atoms with Crippen molar-refractivity contribution in [3.8, 4) is 11.5 Å². The second-order valence-corrected chi connectivity index (χ2v) is 4.24. The van der Waals surface area contributed by atoms with Gasteiger partial charge in [0.2, 0.25) is 0 Å². The van der Waals surface area contributed by atoms with E-state index in [2.05, 4.69) is 10.5 Å². The Bertz CT molecular complexity index is 502. The number of nitrogens with one attached hydrogen (secondary N) is 1. The minimum absolute atomic E-state index is 0.0603. The number of amidine groups is 1. The Labute approximate surface area is 117 Å². The molecule has 0 saturated heterocycles. The molecule has 0 aromatic heterocycles. The molecule has 7 heteroatoms. The van der Waals surface area contributed by atoms with E-state index in [-0.39, 0.29) is 24.2 Å². The summed E-state index contributed by atoms with van der Waals surface area (Å²) in [5.74, 6) is 0.812. The first-order valence-electron chi connectivity index (χ1n) is 6.01. The predicted molar refractivity (Wildman–Crippen MR) is 74.5 cm³/mol. The van der Waals surface area contributed by atoms with Gasteiger partial charge in [-0.2, -0.15) is 0 Å². The van der Waals surface area contributed by atoms with E-state index in [1.165, 1.54) is 14.2 Å². The van der Waals surface area contributed by atoms with Gasteiger partial charge in [0, 0.05) is 18.0 Å². The molecule has 0 bridgehead atoms. The normalized spacial score (nSPS) is 12.7. The fourth-order valence-corrected chi connectivity index (χ4v) is 1.69. The first-order valence-corrected chi connectivity index (χ1v) is 6.01. The van der Waals surface area contributed by atoms with E-state index in [1.54, 1.807) is 25.1 Å². The summed E-state index contributed by atoms with van der Waals surface area (Å²) in [5, 5.41) is 14.1. The van der Waals surface area contributed by atoms with Crippen molar-refractivity contribution < 1.29 is 19.5 Å². The van der Waals surface area contributed by atoms with E-state index in [9.17, 15) is 4.79 Å². The van der Waals surface area contributed by atoms with Crippen LogP contribution < -0.4 is 20.5 Å². The van der Waals surface area contributed by atoms with Crippen LogP contribution in [0.3, 0.4) is 0 Å². The molecule has 7 nitrogen and oxygen atoms in total. The summed E-state index contributed by atoms with van der Waals surface area (Å²) in [6, 6.07) is 4.62. The van der Waals surface area contributed by atoms with Gasteiger partial charge in [-0.15, -0.1) is 0 Å². The number of oxime groups is 1. The summed E-state index contributed by atoms with van der Waals surface area (Å²) in [4.78, 5) is 12.0. The van der Waals surface area contributed by atoms with Gasteiger partial charge in [0.15, 0.2) is 11.5 Å². The number of methoxy groups -OCH3 is 2. The molecule has 0 aliphatic rings. The zero-order valence-corrected chi connectivity index (χ0v) is 11.7. The number of carbonyl (C=O) groups excluding carboxylic acids is 1. The molecule has 110 valence electrons. The van der Waals surface area contributed by atoms with E-state index in [4.69, 9.17) is 20.4 Å². The fourth-order valence-electron chi connectivity index (χ4n) is 1.69. The second-order valence-electron chi connectivity index (χ2n) is 4.24. The quantitative estimate of drug-likeness (QED) is 0.311. The summed E-state index contributed by atoms with van der Waals surface area (Å²) in [7, 11) is 3.03. The third-order valence-electron chi connectivity index (χ3n) is 2.67. The Morgan fingerprint density at radius 1 is 1.40 bits per heavy atom. The van der Waals surface area contributed by atoms with Crippen molar-refractivity contribution in [3.05, 3.63) is 23.8 Å². The van der Waals surface area contributed by atoms with Crippen LogP contribution in [-0.2, 0) is 0 Å². The van der Waals surface area contributed by atoms with Crippen molar-refractivity contribution in [3.63, 3.8) is 0 Å². The Hall–Kier alpha value is -2.44. The lowest BCUT2D eigenvalue weighted by atomic mass is 10.1. The highest BCUT2D eigenvalue weighted by Gasteiger charge is 2.13. The first kappa shape index (κ1) is 15.6. The van der Waals surface area contributed by atoms with E-state index in [0.717, 1.165) is 0 Å². The number of amides is 1. The number of carbonyl (C=O) groups is 1. The van der Waals surface area contributed by atoms with Crippen LogP contribution in [0.15, 0.2) is 23.4 Å². The molecule has 1 atom stereocenters. The molecule has 1 amide bonds. The summed E-state index contributed by atoms with van der Waals surface area (Å²) in [5.41, 5.74) is 5.82. The van der Waals surface area contributed by atoms with Crippen LogP contribution >= 0.6 is 0 Å². The van der Waals surface area contributed by atoms with Crippen LogP contribution in [0.5, 0.6) is 11.5 Å². The number of hydrogen-bond donors (Lipinski definition) is 3. The van der Waals surface area contributed by atoms with Crippen molar-refractivity contribution in [1.29, 1.82) is 0 Å². The van der Waals surface area contributed by atoms with Gasteiger partial charge in [0.25, 0.3) is 5.91 Å². The Morgan fingerprint density at radius 3 is 2.60 bits per heavy atom. The molecular weight excluding hydrogens is 262 g/mol. The van der Waals surface area contributed by atoms with Crippen LogP contribution in [0.25, 0.3) is 0 Å². The number of hydrogen-bond acceptors (Lipinski definition) is 5. The van der Waals surface area contributed by atoms with E-state index in [0.29, 0.717) is 17.1 Å². The van der Waals surface area contributed by atoms with Gasteiger partial charge in [-0.25, -0.2) is 0 Å². The van der Waals surface area contributed by atoms with Crippen LogP contribution in [0, 0.1) is 0 Å². The predicted octanol–water partition coefficient (Wildman–Crippen LogP) is 0.959. The Balaban J connectivity index is 2.77. The summed E-state index contributed by atoms with van der Waals surface area (Å²) in [6.45, 7) is 1.76. The minimum Gasteiger partial charge on any atom is -0.493 e. The van der Waals surface area contributed by atoms with Crippen LogP contribution in [0.2, 0.25) is 0 Å². The minimum atomic E-state index is -0.274. The molecule has 4 N–H and O–H groups in total. The largest absolute Gasteiger partial charge is 0.493 e. The molecular formula is C13H19N3O4. The summed E-state index contributed by atoms with van der Waals surface area (Å²) < 4.78 is 10.2. The van der Waals surface area contributed by atoms with Crippen LogP contribution in [0.1, 0.15) is 23.7 Å². The third kappa shape index (κ3) is 4.04. The monoisotopic (exact) mass is 281 g/mol. The summed E-state index contributed by atoms with van der Waals surface area (Å²) in [6.07, 6.45) is 0.259. The highest BCUT2D eigenvalue weighted by molar-refractivity contribution is 5.95.